The standard InChI is InChI=1S/C13H12O5.C9H6O4/c1-3-16-13(15)9-6-11-10(4-5-17-11)12(7-9)18-8(2)14;10-7-3-5(9(11)12)4-8-6(7)1-2-13-8/h4-7H,3H2,1-2H3;1-4,10H,(H,11,12). The van der Waals surface area contributed by atoms with Gasteiger partial charge in [0, 0.05) is 6.92 Å². The van der Waals surface area contributed by atoms with E-state index in [-0.39, 0.29) is 29.2 Å². The fourth-order valence-corrected chi connectivity index (χ4v) is 2.79. The number of hydrogen-bond donors (Lipinski definition) is 2. The first kappa shape index (κ1) is 21.4. The zero-order valence-electron chi connectivity index (χ0n) is 16.6. The molecule has 0 amide bonds. The highest BCUT2D eigenvalue weighted by atomic mass is 16.5. The van der Waals surface area contributed by atoms with Crippen LogP contribution in [0.2, 0.25) is 0 Å². The molecule has 0 saturated carbocycles. The van der Waals surface area contributed by atoms with Crippen molar-refractivity contribution in [2.45, 2.75) is 13.8 Å². The average molecular weight is 426 g/mol. The highest BCUT2D eigenvalue weighted by Gasteiger charge is 2.15. The molecule has 0 spiro atoms. The molecule has 0 radical (unpaired) electrons. The molecule has 9 heteroatoms. The second-order valence-electron chi connectivity index (χ2n) is 6.25. The van der Waals surface area contributed by atoms with E-state index in [1.54, 1.807) is 25.1 Å². The third kappa shape index (κ3) is 4.84. The van der Waals surface area contributed by atoms with E-state index >= 15 is 0 Å². The summed E-state index contributed by atoms with van der Waals surface area (Å²) in [6.07, 6.45) is 2.86. The molecule has 31 heavy (non-hydrogen) atoms. The number of carboxylic acid groups (broad SMARTS) is 1. The predicted molar refractivity (Wildman–Crippen MR) is 108 cm³/mol. The highest BCUT2D eigenvalue weighted by Crippen LogP contribution is 2.29. The first-order valence-electron chi connectivity index (χ1n) is 9.10. The fourth-order valence-electron chi connectivity index (χ4n) is 2.79. The van der Waals surface area contributed by atoms with Crippen LogP contribution < -0.4 is 4.74 Å². The van der Waals surface area contributed by atoms with Gasteiger partial charge in [0.25, 0.3) is 0 Å². The quantitative estimate of drug-likeness (QED) is 0.360. The van der Waals surface area contributed by atoms with Crippen LogP contribution in [0.1, 0.15) is 34.6 Å². The zero-order valence-corrected chi connectivity index (χ0v) is 16.6. The number of hydrogen-bond acceptors (Lipinski definition) is 8. The van der Waals surface area contributed by atoms with Gasteiger partial charge in [-0.1, -0.05) is 0 Å². The summed E-state index contributed by atoms with van der Waals surface area (Å²) in [5.74, 6) is -1.82. The molecule has 4 aromatic rings. The van der Waals surface area contributed by atoms with Gasteiger partial charge in [-0.2, -0.15) is 0 Å². The van der Waals surface area contributed by atoms with Crippen molar-refractivity contribution in [1.82, 2.24) is 0 Å². The molecule has 0 saturated heterocycles. The number of aromatic carboxylic acids is 1. The number of carbonyl (C=O) groups excluding carboxylic acids is 2. The van der Waals surface area contributed by atoms with E-state index in [4.69, 9.17) is 23.4 Å². The van der Waals surface area contributed by atoms with Gasteiger partial charge in [0.1, 0.15) is 22.7 Å². The maximum absolute atomic E-state index is 11.6. The predicted octanol–water partition coefficient (Wildman–Crippen LogP) is 4.37. The first-order chi connectivity index (χ1) is 14.8. The monoisotopic (exact) mass is 426 g/mol. The molecule has 9 nitrogen and oxygen atoms in total. The Bertz CT molecular complexity index is 1260. The molecular formula is C22H18O9. The van der Waals surface area contributed by atoms with Gasteiger partial charge in [-0.15, -0.1) is 0 Å². The Balaban J connectivity index is 0.000000185. The number of fused-ring (bicyclic) bond motifs is 2. The van der Waals surface area contributed by atoms with Crippen molar-refractivity contribution in [1.29, 1.82) is 0 Å². The Morgan fingerprint density at radius 2 is 1.55 bits per heavy atom. The Hall–Kier alpha value is -4.27. The molecule has 0 aliphatic heterocycles. The molecule has 0 unspecified atom stereocenters. The van der Waals surface area contributed by atoms with Crippen LogP contribution in [-0.2, 0) is 9.53 Å². The third-order valence-electron chi connectivity index (χ3n) is 4.10. The van der Waals surface area contributed by atoms with Crippen LogP contribution in [0.5, 0.6) is 11.5 Å². The van der Waals surface area contributed by atoms with E-state index in [9.17, 15) is 19.5 Å². The number of phenolic OH excluding ortho intramolecular Hbond substituents is 1. The number of aromatic hydroxyl groups is 1. The minimum absolute atomic E-state index is 0.0138. The van der Waals surface area contributed by atoms with Gasteiger partial charge in [0.2, 0.25) is 0 Å². The van der Waals surface area contributed by atoms with Crippen molar-refractivity contribution in [3.8, 4) is 11.5 Å². The number of ether oxygens (including phenoxy) is 2. The third-order valence-corrected chi connectivity index (χ3v) is 4.10. The molecule has 2 aromatic heterocycles. The summed E-state index contributed by atoms with van der Waals surface area (Å²) in [4.78, 5) is 33.2. The number of carboxylic acids is 1. The summed E-state index contributed by atoms with van der Waals surface area (Å²) in [6, 6.07) is 8.84. The van der Waals surface area contributed by atoms with Crippen LogP contribution >= 0.6 is 0 Å². The Kier molecular flexibility index (Phi) is 6.25. The van der Waals surface area contributed by atoms with E-state index in [1.807, 2.05) is 0 Å². The largest absolute Gasteiger partial charge is 0.507 e. The van der Waals surface area contributed by atoms with Crippen LogP contribution in [0.4, 0.5) is 0 Å². The maximum atomic E-state index is 11.6. The minimum Gasteiger partial charge on any atom is -0.507 e. The number of esters is 2. The molecule has 2 aromatic carbocycles. The SMILES string of the molecule is CCOC(=O)c1cc(OC(C)=O)c2ccoc2c1.O=C(O)c1cc(O)c2ccoc2c1. The van der Waals surface area contributed by atoms with Crippen molar-refractivity contribution < 1.29 is 42.9 Å². The van der Waals surface area contributed by atoms with Crippen molar-refractivity contribution in [2.75, 3.05) is 6.61 Å². The van der Waals surface area contributed by atoms with E-state index in [0.717, 1.165) is 0 Å². The van der Waals surface area contributed by atoms with Crippen molar-refractivity contribution in [3.63, 3.8) is 0 Å². The molecule has 4 rings (SSSR count). The smallest absolute Gasteiger partial charge is 0.338 e. The average Bonchev–Trinajstić information content (AvgIpc) is 3.37. The van der Waals surface area contributed by atoms with Crippen LogP contribution in [-0.4, -0.2) is 34.7 Å². The number of rotatable bonds is 4. The summed E-state index contributed by atoms with van der Waals surface area (Å²) >= 11 is 0. The molecule has 160 valence electrons. The Morgan fingerprint density at radius 1 is 0.935 bits per heavy atom. The molecule has 0 aliphatic carbocycles. The van der Waals surface area contributed by atoms with E-state index in [0.29, 0.717) is 21.9 Å². The van der Waals surface area contributed by atoms with Gasteiger partial charge < -0.3 is 28.5 Å². The zero-order chi connectivity index (χ0) is 22.5. The molecular weight excluding hydrogens is 408 g/mol. The molecule has 0 bridgehead atoms. The van der Waals surface area contributed by atoms with Gasteiger partial charge in [-0.3, -0.25) is 4.79 Å². The van der Waals surface area contributed by atoms with Gasteiger partial charge >= 0.3 is 17.9 Å². The lowest BCUT2D eigenvalue weighted by Crippen LogP contribution is -2.06. The fraction of sp³-hybridized carbons (Fsp3) is 0.136. The number of benzene rings is 2. The van der Waals surface area contributed by atoms with Crippen molar-refractivity contribution >= 4 is 39.8 Å². The Morgan fingerprint density at radius 3 is 2.16 bits per heavy atom. The second-order valence-corrected chi connectivity index (χ2v) is 6.25. The van der Waals surface area contributed by atoms with Gasteiger partial charge in [0.05, 0.1) is 41.0 Å². The van der Waals surface area contributed by atoms with E-state index in [2.05, 4.69) is 0 Å². The lowest BCUT2D eigenvalue weighted by Gasteiger charge is -2.06. The number of furan rings is 2. The van der Waals surface area contributed by atoms with Crippen LogP contribution in [0.15, 0.2) is 57.8 Å². The summed E-state index contributed by atoms with van der Waals surface area (Å²) < 4.78 is 20.1. The van der Waals surface area contributed by atoms with E-state index < -0.39 is 17.9 Å². The normalized spacial score (nSPS) is 10.4. The van der Waals surface area contributed by atoms with Gasteiger partial charge in [-0.25, -0.2) is 9.59 Å². The maximum Gasteiger partial charge on any atom is 0.338 e. The first-order valence-corrected chi connectivity index (χ1v) is 9.10. The summed E-state index contributed by atoms with van der Waals surface area (Å²) in [7, 11) is 0. The highest BCUT2D eigenvalue weighted by molar-refractivity contribution is 5.97. The molecule has 0 aliphatic rings. The minimum atomic E-state index is -1.09. The number of carbonyl (C=O) groups is 3. The lowest BCUT2D eigenvalue weighted by atomic mass is 10.1. The van der Waals surface area contributed by atoms with Crippen LogP contribution in [0.25, 0.3) is 21.9 Å². The molecule has 2 heterocycles. The summed E-state index contributed by atoms with van der Waals surface area (Å²) in [5, 5.41) is 19.2. The molecule has 0 atom stereocenters. The van der Waals surface area contributed by atoms with Crippen molar-refractivity contribution in [3.05, 3.63) is 60.1 Å². The van der Waals surface area contributed by atoms with Crippen LogP contribution in [0.3, 0.4) is 0 Å². The van der Waals surface area contributed by atoms with E-state index in [1.165, 1.54) is 37.6 Å². The van der Waals surface area contributed by atoms with Gasteiger partial charge in [0.15, 0.2) is 0 Å². The summed E-state index contributed by atoms with van der Waals surface area (Å²) in [6.45, 7) is 3.29. The Labute approximate surface area is 175 Å². The van der Waals surface area contributed by atoms with Gasteiger partial charge in [-0.05, 0) is 43.3 Å². The topological polar surface area (TPSA) is 136 Å². The van der Waals surface area contributed by atoms with Crippen molar-refractivity contribution in [2.24, 2.45) is 0 Å². The molecule has 2 N–H and O–H groups in total. The number of phenols is 1. The van der Waals surface area contributed by atoms with Crippen LogP contribution in [0, 0.1) is 0 Å². The molecule has 0 fully saturated rings. The summed E-state index contributed by atoms with van der Waals surface area (Å²) in [5.41, 5.74) is 1.14. The second kappa shape index (κ2) is 9.04. The lowest BCUT2D eigenvalue weighted by molar-refractivity contribution is -0.131.